The largest absolute Gasteiger partial charge is 0.309 e. The number of nitrogens with zero attached hydrogens (tertiary/aromatic N) is 2. The van der Waals surface area contributed by atoms with Gasteiger partial charge in [-0.25, -0.2) is 4.98 Å². The van der Waals surface area contributed by atoms with Crippen molar-refractivity contribution in [1.82, 2.24) is 9.55 Å². The van der Waals surface area contributed by atoms with E-state index in [0.29, 0.717) is 5.92 Å². The molecule has 1 aliphatic rings. The Labute approximate surface area is 337 Å². The Hall–Kier alpha value is -7.29. The number of rotatable bonds is 4. The molecular weight excluding hydrogens is 701 g/mol. The van der Waals surface area contributed by atoms with Crippen LogP contribution in [0.2, 0.25) is 0 Å². The van der Waals surface area contributed by atoms with Gasteiger partial charge in [0.1, 0.15) is 0 Å². The fourth-order valence-corrected chi connectivity index (χ4v) is 9.88. The number of benzene rings is 9. The van der Waals surface area contributed by atoms with Crippen LogP contribution in [0.1, 0.15) is 23.7 Å². The predicted molar refractivity (Wildman–Crippen MR) is 247 cm³/mol. The first-order chi connectivity index (χ1) is 28.7. The molecule has 11 aromatic rings. The van der Waals surface area contributed by atoms with Crippen LogP contribution >= 0.6 is 0 Å². The van der Waals surface area contributed by atoms with E-state index in [2.05, 4.69) is 206 Å². The Balaban J connectivity index is 1.20. The van der Waals surface area contributed by atoms with Crippen LogP contribution in [0.15, 0.2) is 188 Å². The summed E-state index contributed by atoms with van der Waals surface area (Å²) in [6.45, 7) is 2.35. The predicted octanol–water partition coefficient (Wildman–Crippen LogP) is 14.9. The quantitative estimate of drug-likeness (QED) is 0.164. The van der Waals surface area contributed by atoms with E-state index in [1.807, 2.05) is 0 Å². The van der Waals surface area contributed by atoms with Crippen LogP contribution in [0.5, 0.6) is 0 Å². The highest BCUT2D eigenvalue weighted by Crippen LogP contribution is 2.47. The van der Waals surface area contributed by atoms with Crippen molar-refractivity contribution in [3.05, 3.63) is 205 Å². The highest BCUT2D eigenvalue weighted by Gasteiger charge is 2.24. The van der Waals surface area contributed by atoms with E-state index >= 15 is 0 Å². The second kappa shape index (κ2) is 12.9. The number of aromatic nitrogens is 2. The molecule has 2 aromatic heterocycles. The molecule has 58 heavy (non-hydrogen) atoms. The van der Waals surface area contributed by atoms with Gasteiger partial charge < -0.3 is 4.57 Å². The minimum Gasteiger partial charge on any atom is -0.309 e. The SMILES string of the molecule is CC1Cc2ccccc2C=C1c1cc(-c2ccc3ccccc3c2)cc(-c2cc3c4ccccc4c4c(c5ccccc5n4-c4ccccc4)c3c3ccccc23)n1. The van der Waals surface area contributed by atoms with Crippen LogP contribution < -0.4 is 0 Å². The maximum absolute atomic E-state index is 5.66. The van der Waals surface area contributed by atoms with E-state index in [9.17, 15) is 0 Å². The third-order valence-electron chi connectivity index (χ3n) is 12.6. The standard InChI is InChI=1S/C56H38N2/c1-35-29-37-16-7-8-18-39(37)31-48(35)51-32-41(40-28-27-36-15-5-6-17-38(36)30-40)33-52(57-51)49-34-50-44-22-10-12-24-46(44)56-55(54(50)45-23-11-9-21-43(45)49)47-25-13-14-26-53(47)58(56)42-19-3-2-4-20-42/h2-28,30-35H,29H2,1H3. The summed E-state index contributed by atoms with van der Waals surface area (Å²) in [6, 6.07) is 69.1. The minimum absolute atomic E-state index is 0.328. The zero-order chi connectivity index (χ0) is 38.3. The van der Waals surface area contributed by atoms with Gasteiger partial charge in [0.2, 0.25) is 0 Å². The Morgan fingerprint density at radius 3 is 2.02 bits per heavy atom. The first-order valence-corrected chi connectivity index (χ1v) is 20.3. The molecule has 0 amide bonds. The van der Waals surface area contributed by atoms with Crippen LogP contribution in [0.4, 0.5) is 0 Å². The van der Waals surface area contributed by atoms with Gasteiger partial charge in [0.15, 0.2) is 0 Å². The molecule has 9 aromatic carbocycles. The van der Waals surface area contributed by atoms with E-state index < -0.39 is 0 Å². The van der Waals surface area contributed by atoms with Crippen LogP contribution in [-0.4, -0.2) is 9.55 Å². The van der Waals surface area contributed by atoms with Gasteiger partial charge in [0, 0.05) is 32.8 Å². The van der Waals surface area contributed by atoms with Gasteiger partial charge in [0.25, 0.3) is 0 Å². The van der Waals surface area contributed by atoms with E-state index in [0.717, 1.165) is 29.1 Å². The number of hydrogen-bond acceptors (Lipinski definition) is 1. The van der Waals surface area contributed by atoms with Crippen molar-refractivity contribution in [3.8, 4) is 28.1 Å². The van der Waals surface area contributed by atoms with Crippen molar-refractivity contribution in [2.24, 2.45) is 5.92 Å². The lowest BCUT2D eigenvalue weighted by Crippen LogP contribution is -2.10. The van der Waals surface area contributed by atoms with Crippen molar-refractivity contribution < 1.29 is 0 Å². The van der Waals surface area contributed by atoms with Gasteiger partial charge in [-0.3, -0.25) is 0 Å². The van der Waals surface area contributed by atoms with Gasteiger partial charge in [-0.2, -0.15) is 0 Å². The summed E-state index contributed by atoms with van der Waals surface area (Å²) in [5, 5.41) is 12.5. The molecular formula is C56H38N2. The Bertz CT molecular complexity index is 3500. The Morgan fingerprint density at radius 1 is 0.483 bits per heavy atom. The molecule has 272 valence electrons. The third-order valence-corrected chi connectivity index (χ3v) is 12.6. The smallest absolute Gasteiger partial charge is 0.0722 e. The topological polar surface area (TPSA) is 17.8 Å². The van der Waals surface area contributed by atoms with E-state index in [-0.39, 0.29) is 0 Å². The molecule has 2 nitrogen and oxygen atoms in total. The lowest BCUT2D eigenvalue weighted by Gasteiger charge is -2.24. The molecule has 0 radical (unpaired) electrons. The maximum atomic E-state index is 5.66. The lowest BCUT2D eigenvalue weighted by molar-refractivity contribution is 0.734. The molecule has 2 heteroatoms. The van der Waals surface area contributed by atoms with E-state index in [1.54, 1.807) is 0 Å². The molecule has 2 heterocycles. The van der Waals surface area contributed by atoms with Crippen LogP contribution in [0.25, 0.3) is 105 Å². The Morgan fingerprint density at radius 2 is 1.16 bits per heavy atom. The number of pyridine rings is 1. The van der Waals surface area contributed by atoms with Crippen LogP contribution in [-0.2, 0) is 6.42 Å². The molecule has 0 saturated heterocycles. The first-order valence-electron chi connectivity index (χ1n) is 20.3. The molecule has 0 saturated carbocycles. The molecule has 0 N–H and O–H groups in total. The van der Waals surface area contributed by atoms with E-state index in [4.69, 9.17) is 4.98 Å². The summed E-state index contributed by atoms with van der Waals surface area (Å²) < 4.78 is 2.47. The first kappa shape index (κ1) is 32.9. The average Bonchev–Trinajstić information content (AvgIpc) is 3.64. The van der Waals surface area contributed by atoms with Gasteiger partial charge in [0.05, 0.1) is 22.4 Å². The van der Waals surface area contributed by atoms with Crippen molar-refractivity contribution >= 4 is 76.5 Å². The number of hydrogen-bond donors (Lipinski definition) is 0. The second-order valence-electron chi connectivity index (χ2n) is 15.9. The van der Waals surface area contributed by atoms with E-state index in [1.165, 1.54) is 92.7 Å². The molecule has 1 atom stereocenters. The van der Waals surface area contributed by atoms with Crippen LogP contribution in [0, 0.1) is 5.92 Å². The summed E-state index contributed by atoms with van der Waals surface area (Å²) in [4.78, 5) is 5.66. The fourth-order valence-electron chi connectivity index (χ4n) is 9.88. The Kier molecular flexibility index (Phi) is 7.30. The van der Waals surface area contributed by atoms with Crippen molar-refractivity contribution in [1.29, 1.82) is 0 Å². The molecule has 0 fully saturated rings. The molecule has 0 spiro atoms. The normalized spacial score (nSPS) is 14.2. The zero-order valence-corrected chi connectivity index (χ0v) is 32.2. The second-order valence-corrected chi connectivity index (χ2v) is 15.9. The molecule has 1 unspecified atom stereocenters. The van der Waals surface area contributed by atoms with Crippen molar-refractivity contribution in [2.45, 2.75) is 13.3 Å². The number of allylic oxidation sites excluding steroid dienone is 1. The summed E-state index contributed by atoms with van der Waals surface area (Å²) in [5.41, 5.74) is 13.1. The number of fused-ring (bicyclic) bond motifs is 12. The third kappa shape index (κ3) is 5.01. The summed E-state index contributed by atoms with van der Waals surface area (Å²) in [7, 11) is 0. The molecule has 1 aliphatic carbocycles. The summed E-state index contributed by atoms with van der Waals surface area (Å²) in [6.07, 6.45) is 3.38. The van der Waals surface area contributed by atoms with Gasteiger partial charge in [-0.05, 0) is 121 Å². The fraction of sp³-hybridized carbons (Fsp3) is 0.0536. The minimum atomic E-state index is 0.328. The monoisotopic (exact) mass is 738 g/mol. The molecule has 0 bridgehead atoms. The van der Waals surface area contributed by atoms with Gasteiger partial charge >= 0.3 is 0 Å². The maximum Gasteiger partial charge on any atom is 0.0722 e. The average molecular weight is 739 g/mol. The van der Waals surface area contributed by atoms with Gasteiger partial charge in [-0.1, -0.05) is 153 Å². The highest BCUT2D eigenvalue weighted by molar-refractivity contribution is 6.38. The summed E-state index contributed by atoms with van der Waals surface area (Å²) >= 11 is 0. The lowest BCUT2D eigenvalue weighted by atomic mass is 9.82. The summed E-state index contributed by atoms with van der Waals surface area (Å²) in [5.74, 6) is 0.328. The molecule has 12 rings (SSSR count). The van der Waals surface area contributed by atoms with Crippen LogP contribution in [0.3, 0.4) is 0 Å². The van der Waals surface area contributed by atoms with Gasteiger partial charge in [-0.15, -0.1) is 0 Å². The molecule has 0 aliphatic heterocycles. The van der Waals surface area contributed by atoms with Crippen molar-refractivity contribution in [3.63, 3.8) is 0 Å². The number of para-hydroxylation sites is 2. The zero-order valence-electron chi connectivity index (χ0n) is 32.2. The highest BCUT2D eigenvalue weighted by atomic mass is 15.0. The van der Waals surface area contributed by atoms with Crippen molar-refractivity contribution in [2.75, 3.05) is 0 Å².